The molecule has 0 unspecified atom stereocenters. The summed E-state index contributed by atoms with van der Waals surface area (Å²) in [6.45, 7) is 1.46. The Hall–Kier alpha value is -2.08. The number of rotatable bonds is 3. The molecule has 2 saturated heterocycles. The molecule has 6 nitrogen and oxygen atoms in total. The van der Waals surface area contributed by atoms with Crippen LogP contribution in [0.25, 0.3) is 0 Å². The maximum absolute atomic E-state index is 12.7. The number of hydrogen-bond acceptors (Lipinski definition) is 3. The van der Waals surface area contributed by atoms with Crippen molar-refractivity contribution in [3.05, 3.63) is 34.9 Å². The van der Waals surface area contributed by atoms with Crippen LogP contribution in [-0.4, -0.2) is 58.4 Å². The van der Waals surface area contributed by atoms with Gasteiger partial charge in [-0.25, -0.2) is 4.79 Å². The summed E-state index contributed by atoms with van der Waals surface area (Å²) in [4.78, 5) is 39.7. The van der Waals surface area contributed by atoms with Crippen molar-refractivity contribution in [1.29, 1.82) is 0 Å². The zero-order valence-corrected chi connectivity index (χ0v) is 14.6. The number of likely N-dealkylation sites (tertiary alicyclic amines) is 2. The fourth-order valence-corrected chi connectivity index (χ4v) is 3.87. The molecule has 0 saturated carbocycles. The molecule has 0 bridgehead atoms. The van der Waals surface area contributed by atoms with Crippen molar-refractivity contribution >= 4 is 29.4 Å². The number of nitrogens with zero attached hydrogens (tertiary/aromatic N) is 2. The lowest BCUT2D eigenvalue weighted by atomic mass is 9.94. The van der Waals surface area contributed by atoms with E-state index in [9.17, 15) is 19.5 Å². The van der Waals surface area contributed by atoms with E-state index in [-0.39, 0.29) is 17.7 Å². The molecular weight excluding hydrogens is 344 g/mol. The average molecular weight is 365 g/mol. The van der Waals surface area contributed by atoms with Gasteiger partial charge in [0.2, 0.25) is 5.91 Å². The molecule has 1 aromatic carbocycles. The van der Waals surface area contributed by atoms with E-state index in [1.807, 2.05) is 0 Å². The molecule has 2 fully saturated rings. The van der Waals surface area contributed by atoms with Gasteiger partial charge in [0.1, 0.15) is 6.04 Å². The van der Waals surface area contributed by atoms with Crippen molar-refractivity contribution in [3.8, 4) is 0 Å². The second-order valence-electron chi connectivity index (χ2n) is 6.57. The number of aliphatic carboxylic acids is 1. The van der Waals surface area contributed by atoms with Gasteiger partial charge < -0.3 is 14.9 Å². The Morgan fingerprint density at radius 1 is 1.04 bits per heavy atom. The Morgan fingerprint density at radius 2 is 1.72 bits per heavy atom. The summed E-state index contributed by atoms with van der Waals surface area (Å²) in [5, 5.41) is 9.66. The second kappa shape index (κ2) is 7.44. The quantitative estimate of drug-likeness (QED) is 0.892. The minimum absolute atomic E-state index is 0.0882. The molecule has 1 N–H and O–H groups in total. The van der Waals surface area contributed by atoms with Gasteiger partial charge in [-0.15, -0.1) is 0 Å². The Bertz CT molecular complexity index is 685. The summed E-state index contributed by atoms with van der Waals surface area (Å²) in [5.41, 5.74) is 0.472. The molecule has 1 atom stereocenters. The maximum Gasteiger partial charge on any atom is 0.326 e. The van der Waals surface area contributed by atoms with Gasteiger partial charge in [-0.1, -0.05) is 23.7 Å². The smallest absolute Gasteiger partial charge is 0.326 e. The van der Waals surface area contributed by atoms with Crippen molar-refractivity contribution in [2.75, 3.05) is 19.6 Å². The fraction of sp³-hybridized carbons (Fsp3) is 0.500. The van der Waals surface area contributed by atoms with E-state index in [0.29, 0.717) is 49.5 Å². The van der Waals surface area contributed by atoms with Gasteiger partial charge in [-0.05, 0) is 37.8 Å². The van der Waals surface area contributed by atoms with Crippen molar-refractivity contribution in [2.45, 2.75) is 31.7 Å². The predicted octanol–water partition coefficient (Wildman–Crippen LogP) is 2.27. The van der Waals surface area contributed by atoms with Crippen LogP contribution in [0.4, 0.5) is 0 Å². The van der Waals surface area contributed by atoms with Crippen molar-refractivity contribution in [2.24, 2.45) is 5.92 Å². The molecule has 0 aliphatic carbocycles. The lowest BCUT2D eigenvalue weighted by molar-refractivity contribution is -0.150. The third kappa shape index (κ3) is 3.63. The molecule has 2 aliphatic rings. The van der Waals surface area contributed by atoms with E-state index in [1.165, 1.54) is 4.90 Å². The van der Waals surface area contributed by atoms with E-state index < -0.39 is 12.0 Å². The Balaban J connectivity index is 1.60. The van der Waals surface area contributed by atoms with Crippen LogP contribution in [-0.2, 0) is 9.59 Å². The third-order valence-corrected chi connectivity index (χ3v) is 5.39. The fourth-order valence-electron chi connectivity index (χ4n) is 3.66. The van der Waals surface area contributed by atoms with Crippen molar-refractivity contribution in [3.63, 3.8) is 0 Å². The van der Waals surface area contributed by atoms with E-state index in [1.54, 1.807) is 29.2 Å². The zero-order chi connectivity index (χ0) is 18.0. The van der Waals surface area contributed by atoms with Crippen LogP contribution in [0.15, 0.2) is 24.3 Å². The highest BCUT2D eigenvalue weighted by Gasteiger charge is 2.38. The molecule has 1 aromatic rings. The summed E-state index contributed by atoms with van der Waals surface area (Å²) in [6, 6.07) is 6.23. The van der Waals surface area contributed by atoms with Gasteiger partial charge in [0.25, 0.3) is 5.91 Å². The van der Waals surface area contributed by atoms with E-state index >= 15 is 0 Å². The Morgan fingerprint density at radius 3 is 2.36 bits per heavy atom. The first-order valence-electron chi connectivity index (χ1n) is 8.56. The van der Waals surface area contributed by atoms with E-state index in [4.69, 9.17) is 11.6 Å². The maximum atomic E-state index is 12.7. The molecule has 3 rings (SSSR count). The van der Waals surface area contributed by atoms with Crippen LogP contribution >= 0.6 is 11.6 Å². The minimum Gasteiger partial charge on any atom is -0.480 e. The van der Waals surface area contributed by atoms with Gasteiger partial charge in [0.15, 0.2) is 0 Å². The number of benzene rings is 1. The van der Waals surface area contributed by atoms with Crippen LogP contribution in [0.2, 0.25) is 5.02 Å². The highest BCUT2D eigenvalue weighted by molar-refractivity contribution is 6.33. The van der Waals surface area contributed by atoms with E-state index in [0.717, 1.165) is 6.42 Å². The topological polar surface area (TPSA) is 77.9 Å². The van der Waals surface area contributed by atoms with E-state index in [2.05, 4.69) is 0 Å². The summed E-state index contributed by atoms with van der Waals surface area (Å²) < 4.78 is 0. The lowest BCUT2D eigenvalue weighted by Gasteiger charge is -2.34. The number of hydrogen-bond donors (Lipinski definition) is 1. The normalized spacial score (nSPS) is 21.4. The highest BCUT2D eigenvalue weighted by atomic mass is 35.5. The number of carbonyl (C=O) groups excluding carboxylic acids is 2. The Kier molecular flexibility index (Phi) is 5.27. The van der Waals surface area contributed by atoms with Crippen LogP contribution in [0, 0.1) is 5.92 Å². The predicted molar refractivity (Wildman–Crippen MR) is 92.5 cm³/mol. The lowest BCUT2D eigenvalue weighted by Crippen LogP contribution is -2.47. The van der Waals surface area contributed by atoms with Crippen molar-refractivity contribution in [1.82, 2.24) is 9.80 Å². The van der Waals surface area contributed by atoms with Gasteiger partial charge >= 0.3 is 5.97 Å². The number of amides is 2. The van der Waals surface area contributed by atoms with Crippen LogP contribution < -0.4 is 0 Å². The molecule has 0 aromatic heterocycles. The molecule has 7 heteroatoms. The van der Waals surface area contributed by atoms with Gasteiger partial charge in [-0.3, -0.25) is 9.59 Å². The molecule has 2 aliphatic heterocycles. The van der Waals surface area contributed by atoms with Crippen LogP contribution in [0.3, 0.4) is 0 Å². The molecule has 2 amide bonds. The largest absolute Gasteiger partial charge is 0.480 e. The number of piperidine rings is 1. The number of carboxylic acid groups (broad SMARTS) is 1. The zero-order valence-electron chi connectivity index (χ0n) is 13.9. The first kappa shape index (κ1) is 17.7. The van der Waals surface area contributed by atoms with Crippen LogP contribution in [0.5, 0.6) is 0 Å². The molecule has 2 heterocycles. The summed E-state index contributed by atoms with van der Waals surface area (Å²) >= 11 is 6.09. The average Bonchev–Trinajstić information content (AvgIpc) is 3.11. The minimum atomic E-state index is -0.933. The first-order chi connectivity index (χ1) is 12.0. The SMILES string of the molecule is O=C(O)[C@@H]1CCCN1C(=O)C1CCN(C(=O)c2ccccc2Cl)CC1. The monoisotopic (exact) mass is 364 g/mol. The van der Waals surface area contributed by atoms with Crippen molar-refractivity contribution < 1.29 is 19.5 Å². The van der Waals surface area contributed by atoms with Crippen LogP contribution in [0.1, 0.15) is 36.0 Å². The number of carboxylic acids is 1. The number of carbonyl (C=O) groups is 3. The summed E-state index contributed by atoms with van der Waals surface area (Å²) in [7, 11) is 0. The standard InChI is InChI=1S/C18H21ClN2O4/c19-14-5-2-1-4-13(14)17(23)20-10-7-12(8-11-20)16(22)21-9-3-6-15(21)18(24)25/h1-2,4-5,12,15H,3,6-11H2,(H,24,25)/t15-/m0/s1. The summed E-state index contributed by atoms with van der Waals surface area (Å²) in [6.07, 6.45) is 2.35. The second-order valence-corrected chi connectivity index (χ2v) is 6.98. The molecular formula is C18H21ClN2O4. The summed E-state index contributed by atoms with van der Waals surface area (Å²) in [5.74, 6) is -1.36. The molecule has 0 radical (unpaired) electrons. The molecule has 134 valence electrons. The van der Waals surface area contributed by atoms with Gasteiger partial charge in [0, 0.05) is 25.6 Å². The third-order valence-electron chi connectivity index (χ3n) is 5.06. The highest BCUT2D eigenvalue weighted by Crippen LogP contribution is 2.27. The molecule has 0 spiro atoms. The first-order valence-corrected chi connectivity index (χ1v) is 8.94. The van der Waals surface area contributed by atoms with Gasteiger partial charge in [-0.2, -0.15) is 0 Å². The molecule has 25 heavy (non-hydrogen) atoms. The Labute approximate surface area is 151 Å². The number of halogens is 1. The van der Waals surface area contributed by atoms with Gasteiger partial charge in [0.05, 0.1) is 10.6 Å².